The van der Waals surface area contributed by atoms with Gasteiger partial charge < -0.3 is 9.88 Å². The lowest BCUT2D eigenvalue weighted by Crippen LogP contribution is -2.16. The third-order valence-corrected chi connectivity index (χ3v) is 4.16. The molecule has 92 valence electrons. The van der Waals surface area contributed by atoms with Crippen molar-refractivity contribution in [1.82, 2.24) is 9.88 Å². The van der Waals surface area contributed by atoms with Crippen LogP contribution in [0.5, 0.6) is 0 Å². The Hall–Kier alpha value is -1.06. The van der Waals surface area contributed by atoms with E-state index in [4.69, 9.17) is 0 Å². The van der Waals surface area contributed by atoms with Crippen LogP contribution in [0.1, 0.15) is 35.2 Å². The minimum absolute atomic E-state index is 0.429. The average molecular weight is 248 g/mol. The number of aromatic nitrogens is 1. The Kier molecular flexibility index (Phi) is 4.02. The summed E-state index contributed by atoms with van der Waals surface area (Å²) in [5.41, 5.74) is 1.35. The van der Waals surface area contributed by atoms with Crippen molar-refractivity contribution >= 4 is 11.3 Å². The molecule has 17 heavy (non-hydrogen) atoms. The molecule has 0 saturated carbocycles. The van der Waals surface area contributed by atoms with Crippen LogP contribution in [0.25, 0.3) is 0 Å². The van der Waals surface area contributed by atoms with Gasteiger partial charge >= 0.3 is 0 Å². The molecule has 3 heteroatoms. The second-order valence-corrected chi connectivity index (χ2v) is 5.72. The number of aryl methyl sites for hydroxylation is 2. The van der Waals surface area contributed by atoms with E-state index >= 15 is 0 Å². The molecule has 0 aromatic carbocycles. The summed E-state index contributed by atoms with van der Waals surface area (Å²) < 4.78 is 2.21. The highest BCUT2D eigenvalue weighted by Gasteiger charge is 2.07. The minimum atomic E-state index is 0.429. The van der Waals surface area contributed by atoms with Crippen LogP contribution in [0.15, 0.2) is 30.6 Å². The van der Waals surface area contributed by atoms with E-state index in [1.54, 1.807) is 0 Å². The van der Waals surface area contributed by atoms with Crippen LogP contribution in [-0.2, 0) is 13.1 Å². The van der Waals surface area contributed by atoms with Gasteiger partial charge in [0, 0.05) is 41.3 Å². The molecule has 1 N–H and O–H groups in total. The monoisotopic (exact) mass is 248 g/mol. The zero-order valence-electron chi connectivity index (χ0n) is 10.7. The van der Waals surface area contributed by atoms with E-state index in [0.717, 1.165) is 13.1 Å². The van der Waals surface area contributed by atoms with Crippen molar-refractivity contribution in [3.63, 3.8) is 0 Å². The maximum absolute atomic E-state index is 3.56. The summed E-state index contributed by atoms with van der Waals surface area (Å²) in [7, 11) is 0. The largest absolute Gasteiger partial charge is 0.354 e. The number of nitrogens with zero attached hydrogens (tertiary/aromatic N) is 1. The fourth-order valence-electron chi connectivity index (χ4n) is 1.85. The van der Waals surface area contributed by atoms with Gasteiger partial charge in [-0.15, -0.1) is 11.3 Å². The average Bonchev–Trinajstić information content (AvgIpc) is 2.94. The lowest BCUT2D eigenvalue weighted by Gasteiger charge is -2.11. The predicted octanol–water partition coefficient (Wildman–Crippen LogP) is 3.73. The van der Waals surface area contributed by atoms with E-state index in [2.05, 4.69) is 61.2 Å². The van der Waals surface area contributed by atoms with Gasteiger partial charge in [-0.05, 0) is 44.5 Å². The maximum Gasteiger partial charge on any atom is 0.0388 e. The first-order valence-electron chi connectivity index (χ1n) is 6.13. The molecule has 0 aliphatic heterocycles. The first-order chi connectivity index (χ1) is 8.19. The summed E-state index contributed by atoms with van der Waals surface area (Å²) in [6, 6.07) is 7.02. The van der Waals surface area contributed by atoms with Gasteiger partial charge in [0.1, 0.15) is 0 Å². The van der Waals surface area contributed by atoms with Crippen LogP contribution in [0.4, 0.5) is 0 Å². The lowest BCUT2D eigenvalue weighted by atomic mass is 10.2. The van der Waals surface area contributed by atoms with Gasteiger partial charge in [-0.1, -0.05) is 0 Å². The normalized spacial score (nSPS) is 12.9. The van der Waals surface area contributed by atoms with Gasteiger partial charge in [-0.2, -0.15) is 0 Å². The van der Waals surface area contributed by atoms with Gasteiger partial charge in [-0.25, -0.2) is 0 Å². The van der Waals surface area contributed by atoms with E-state index < -0.39 is 0 Å². The Morgan fingerprint density at radius 2 is 2.18 bits per heavy atom. The van der Waals surface area contributed by atoms with Crippen LogP contribution < -0.4 is 5.32 Å². The zero-order valence-corrected chi connectivity index (χ0v) is 11.6. The quantitative estimate of drug-likeness (QED) is 0.853. The molecule has 2 aromatic rings. The Morgan fingerprint density at radius 1 is 1.35 bits per heavy atom. The maximum atomic E-state index is 3.56. The highest BCUT2D eigenvalue weighted by atomic mass is 32.1. The van der Waals surface area contributed by atoms with Crippen molar-refractivity contribution in [3.05, 3.63) is 45.9 Å². The molecule has 2 nitrogen and oxygen atoms in total. The van der Waals surface area contributed by atoms with E-state index in [9.17, 15) is 0 Å². The molecular formula is C14H20N2S. The molecule has 0 aliphatic rings. The highest BCUT2D eigenvalue weighted by molar-refractivity contribution is 7.12. The van der Waals surface area contributed by atoms with Crippen molar-refractivity contribution in [2.24, 2.45) is 0 Å². The first-order valence-corrected chi connectivity index (χ1v) is 6.95. The number of hydrogen-bond acceptors (Lipinski definition) is 2. The Morgan fingerprint density at radius 3 is 2.76 bits per heavy atom. The molecule has 0 radical (unpaired) electrons. The second kappa shape index (κ2) is 5.52. The molecule has 0 aliphatic carbocycles. The summed E-state index contributed by atoms with van der Waals surface area (Å²) in [5, 5.41) is 3.56. The van der Waals surface area contributed by atoms with E-state index in [0.29, 0.717) is 6.04 Å². The van der Waals surface area contributed by atoms with Crippen molar-refractivity contribution in [1.29, 1.82) is 0 Å². The molecular weight excluding hydrogens is 228 g/mol. The van der Waals surface area contributed by atoms with Gasteiger partial charge in [0.25, 0.3) is 0 Å². The predicted molar refractivity (Wildman–Crippen MR) is 74.4 cm³/mol. The fraction of sp³-hybridized carbons (Fsp3) is 0.429. The Balaban J connectivity index is 1.89. The van der Waals surface area contributed by atoms with Crippen molar-refractivity contribution < 1.29 is 0 Å². The third-order valence-electron chi connectivity index (χ3n) is 2.98. The van der Waals surface area contributed by atoms with Crippen LogP contribution in [0.2, 0.25) is 0 Å². The van der Waals surface area contributed by atoms with Crippen molar-refractivity contribution in [2.45, 2.75) is 39.9 Å². The zero-order chi connectivity index (χ0) is 12.3. The summed E-state index contributed by atoms with van der Waals surface area (Å²) >= 11 is 1.87. The van der Waals surface area contributed by atoms with Gasteiger partial charge in [0.2, 0.25) is 0 Å². The SMILES string of the molecule is CCn1ccc(CNC(C)c2ccc(C)s2)c1. The number of nitrogens with one attached hydrogen (secondary N) is 1. The van der Waals surface area contributed by atoms with Crippen LogP contribution in [-0.4, -0.2) is 4.57 Å². The van der Waals surface area contributed by atoms with Crippen molar-refractivity contribution in [2.75, 3.05) is 0 Å². The summed E-state index contributed by atoms with van der Waals surface area (Å²) in [6.45, 7) is 8.52. The van der Waals surface area contributed by atoms with E-state index in [-0.39, 0.29) is 0 Å². The molecule has 2 heterocycles. The summed E-state index contributed by atoms with van der Waals surface area (Å²) in [5.74, 6) is 0. The summed E-state index contributed by atoms with van der Waals surface area (Å²) in [4.78, 5) is 2.79. The number of hydrogen-bond donors (Lipinski definition) is 1. The van der Waals surface area contributed by atoms with E-state index in [1.807, 2.05) is 11.3 Å². The topological polar surface area (TPSA) is 17.0 Å². The second-order valence-electron chi connectivity index (χ2n) is 4.40. The van der Waals surface area contributed by atoms with Crippen LogP contribution in [0.3, 0.4) is 0 Å². The standard InChI is InChI=1S/C14H20N2S/c1-4-16-8-7-13(10-16)9-15-12(3)14-6-5-11(2)17-14/h5-8,10,12,15H,4,9H2,1-3H3. The number of rotatable bonds is 5. The Labute approximate surface area is 107 Å². The molecule has 1 atom stereocenters. The van der Waals surface area contributed by atoms with Crippen molar-refractivity contribution in [3.8, 4) is 0 Å². The molecule has 0 amide bonds. The number of thiophene rings is 1. The van der Waals surface area contributed by atoms with E-state index in [1.165, 1.54) is 15.3 Å². The van der Waals surface area contributed by atoms with Crippen LogP contribution in [0, 0.1) is 6.92 Å². The molecule has 0 saturated heterocycles. The molecule has 0 bridgehead atoms. The minimum Gasteiger partial charge on any atom is -0.354 e. The molecule has 1 unspecified atom stereocenters. The third kappa shape index (κ3) is 3.20. The first kappa shape index (κ1) is 12.4. The summed E-state index contributed by atoms with van der Waals surface area (Å²) in [6.07, 6.45) is 4.34. The fourth-order valence-corrected chi connectivity index (χ4v) is 2.75. The lowest BCUT2D eigenvalue weighted by molar-refractivity contribution is 0.582. The Bertz CT molecular complexity index is 470. The molecule has 2 rings (SSSR count). The smallest absolute Gasteiger partial charge is 0.0388 e. The van der Waals surface area contributed by atoms with Gasteiger partial charge in [-0.3, -0.25) is 0 Å². The molecule has 0 spiro atoms. The highest BCUT2D eigenvalue weighted by Crippen LogP contribution is 2.22. The molecule has 0 fully saturated rings. The molecule has 2 aromatic heterocycles. The van der Waals surface area contributed by atoms with Gasteiger partial charge in [0.05, 0.1) is 0 Å². The van der Waals surface area contributed by atoms with Gasteiger partial charge in [0.15, 0.2) is 0 Å². The van der Waals surface area contributed by atoms with Crippen LogP contribution >= 0.6 is 11.3 Å².